The summed E-state index contributed by atoms with van der Waals surface area (Å²) in [5.41, 5.74) is 8.50. The zero-order chi connectivity index (χ0) is 28.8. The summed E-state index contributed by atoms with van der Waals surface area (Å²) in [6, 6.07) is 55.5. The normalized spacial score (nSPS) is 12.1. The highest BCUT2D eigenvalue weighted by atomic mass is 15.0. The van der Waals surface area contributed by atoms with Crippen molar-refractivity contribution < 1.29 is 0 Å². The van der Waals surface area contributed by atoms with Crippen LogP contribution in [0, 0.1) is 0 Å². The summed E-state index contributed by atoms with van der Waals surface area (Å²) < 4.78 is 4.73. The minimum absolute atomic E-state index is 1.16. The molecule has 2 nitrogen and oxygen atoms in total. The van der Waals surface area contributed by atoms with E-state index in [1.165, 1.54) is 81.8 Å². The lowest BCUT2D eigenvalue weighted by atomic mass is 9.90. The quantitative estimate of drug-likeness (QED) is 0.191. The summed E-state index contributed by atoms with van der Waals surface area (Å²) in [7, 11) is 0. The second-order valence-electron chi connectivity index (χ2n) is 11.8. The number of benzene rings is 8. The Morgan fingerprint density at radius 2 is 1.07 bits per heavy atom. The highest BCUT2D eigenvalue weighted by Gasteiger charge is 2.17. The molecule has 0 amide bonds. The maximum Gasteiger partial charge on any atom is 0.0635 e. The number of nitrogens with zero attached hydrogens (tertiary/aromatic N) is 2. The summed E-state index contributed by atoms with van der Waals surface area (Å²) in [4.78, 5) is 0. The van der Waals surface area contributed by atoms with Gasteiger partial charge < -0.3 is 9.13 Å². The molecular formula is C42H26N2. The lowest BCUT2D eigenvalue weighted by Crippen LogP contribution is -1.95. The lowest BCUT2D eigenvalue weighted by molar-refractivity contribution is 1.13. The third kappa shape index (κ3) is 3.20. The molecule has 0 saturated heterocycles. The third-order valence-corrected chi connectivity index (χ3v) is 9.50. The molecule has 0 radical (unpaired) electrons. The van der Waals surface area contributed by atoms with Crippen LogP contribution in [-0.4, -0.2) is 9.13 Å². The van der Waals surface area contributed by atoms with E-state index >= 15 is 0 Å². The Kier molecular flexibility index (Phi) is 4.75. The van der Waals surface area contributed by atoms with Gasteiger partial charge in [-0.15, -0.1) is 0 Å². The molecular weight excluding hydrogens is 532 g/mol. The average molecular weight is 559 g/mol. The molecule has 10 rings (SSSR count). The Balaban J connectivity index is 1.19. The average Bonchev–Trinajstić information content (AvgIpc) is 3.67. The monoisotopic (exact) mass is 558 g/mol. The van der Waals surface area contributed by atoms with Crippen LogP contribution in [0.2, 0.25) is 0 Å². The van der Waals surface area contributed by atoms with Crippen molar-refractivity contribution in [2.45, 2.75) is 0 Å². The largest absolute Gasteiger partial charge is 0.316 e. The van der Waals surface area contributed by atoms with E-state index in [-0.39, 0.29) is 0 Å². The van der Waals surface area contributed by atoms with Crippen molar-refractivity contribution in [3.05, 3.63) is 158 Å². The zero-order valence-corrected chi connectivity index (χ0v) is 23.9. The fourth-order valence-corrected chi connectivity index (χ4v) is 7.54. The van der Waals surface area contributed by atoms with Gasteiger partial charge in [0.05, 0.1) is 16.6 Å². The lowest BCUT2D eigenvalue weighted by Gasteiger charge is -2.15. The smallest absolute Gasteiger partial charge is 0.0635 e. The predicted octanol–water partition coefficient (Wildman–Crippen LogP) is 11.3. The fourth-order valence-electron chi connectivity index (χ4n) is 7.54. The first-order valence-corrected chi connectivity index (χ1v) is 15.2. The fraction of sp³-hybridized carbons (Fsp3) is 0. The highest BCUT2D eigenvalue weighted by Crippen LogP contribution is 2.41. The molecule has 2 heterocycles. The molecule has 0 aliphatic carbocycles. The van der Waals surface area contributed by atoms with Gasteiger partial charge in [0.2, 0.25) is 0 Å². The molecule has 0 unspecified atom stereocenters. The van der Waals surface area contributed by atoms with E-state index < -0.39 is 0 Å². The van der Waals surface area contributed by atoms with E-state index in [0.717, 1.165) is 5.69 Å². The van der Waals surface area contributed by atoms with Crippen LogP contribution in [0.1, 0.15) is 0 Å². The summed E-state index contributed by atoms with van der Waals surface area (Å²) in [5.74, 6) is 0. The number of aromatic nitrogens is 2. The molecule has 8 aromatic carbocycles. The molecule has 10 aromatic rings. The summed E-state index contributed by atoms with van der Waals surface area (Å²) in [6.07, 6.45) is 2.19. The molecule has 0 aliphatic rings. The molecule has 2 aromatic heterocycles. The van der Waals surface area contributed by atoms with Crippen molar-refractivity contribution in [3.63, 3.8) is 0 Å². The van der Waals surface area contributed by atoms with Gasteiger partial charge in [-0.25, -0.2) is 0 Å². The van der Waals surface area contributed by atoms with E-state index in [2.05, 4.69) is 167 Å². The summed E-state index contributed by atoms with van der Waals surface area (Å²) in [6.45, 7) is 0. The van der Waals surface area contributed by atoms with Gasteiger partial charge in [0.25, 0.3) is 0 Å². The van der Waals surface area contributed by atoms with Crippen LogP contribution in [0.15, 0.2) is 158 Å². The molecule has 44 heavy (non-hydrogen) atoms. The van der Waals surface area contributed by atoms with Crippen molar-refractivity contribution in [3.8, 4) is 22.5 Å². The molecule has 0 atom stereocenters. The molecule has 0 fully saturated rings. The molecule has 204 valence electrons. The minimum Gasteiger partial charge on any atom is -0.316 e. The molecule has 0 saturated carbocycles. The molecule has 0 aliphatic heterocycles. The highest BCUT2D eigenvalue weighted by molar-refractivity contribution is 6.25. The van der Waals surface area contributed by atoms with E-state index in [9.17, 15) is 0 Å². The maximum atomic E-state index is 2.44. The van der Waals surface area contributed by atoms with Gasteiger partial charge in [0, 0.05) is 33.7 Å². The minimum atomic E-state index is 1.16. The molecule has 2 heteroatoms. The van der Waals surface area contributed by atoms with Gasteiger partial charge in [-0.2, -0.15) is 0 Å². The van der Waals surface area contributed by atoms with Gasteiger partial charge in [0.15, 0.2) is 0 Å². The Morgan fingerprint density at radius 3 is 1.91 bits per heavy atom. The van der Waals surface area contributed by atoms with Gasteiger partial charge in [-0.05, 0) is 85.9 Å². The van der Waals surface area contributed by atoms with Crippen LogP contribution < -0.4 is 0 Å². The van der Waals surface area contributed by atoms with Crippen LogP contribution in [0.25, 0.3) is 87.5 Å². The first-order valence-electron chi connectivity index (χ1n) is 15.2. The van der Waals surface area contributed by atoms with Gasteiger partial charge in [-0.1, -0.05) is 109 Å². The van der Waals surface area contributed by atoms with E-state index in [1.807, 2.05) is 0 Å². The second kappa shape index (κ2) is 8.82. The first kappa shape index (κ1) is 23.7. The molecule has 0 spiro atoms. The van der Waals surface area contributed by atoms with Crippen molar-refractivity contribution in [2.24, 2.45) is 0 Å². The van der Waals surface area contributed by atoms with Crippen LogP contribution in [0.5, 0.6) is 0 Å². The SMILES string of the molecule is c1ccc(-n2ccc3c2ccc2c4ccccc4n(-c4ccc(-c5ccc6ccc7cccc8ccc5c6c78)cc4)c23)cc1. The summed E-state index contributed by atoms with van der Waals surface area (Å²) >= 11 is 0. The number of hydrogen-bond donors (Lipinski definition) is 0. The number of rotatable bonds is 3. The van der Waals surface area contributed by atoms with Crippen LogP contribution in [0.4, 0.5) is 0 Å². The molecule has 0 N–H and O–H groups in total. The second-order valence-corrected chi connectivity index (χ2v) is 11.8. The van der Waals surface area contributed by atoms with E-state index in [4.69, 9.17) is 0 Å². The maximum absolute atomic E-state index is 2.44. The van der Waals surface area contributed by atoms with Crippen molar-refractivity contribution in [1.29, 1.82) is 0 Å². The predicted molar refractivity (Wildman–Crippen MR) is 187 cm³/mol. The van der Waals surface area contributed by atoms with Gasteiger partial charge >= 0.3 is 0 Å². The van der Waals surface area contributed by atoms with Crippen molar-refractivity contribution >= 4 is 65.0 Å². The Bertz CT molecular complexity index is 2670. The Labute approximate surface area is 254 Å². The Morgan fingerprint density at radius 1 is 0.364 bits per heavy atom. The van der Waals surface area contributed by atoms with Gasteiger partial charge in [-0.3, -0.25) is 0 Å². The van der Waals surface area contributed by atoms with Crippen LogP contribution in [-0.2, 0) is 0 Å². The molecule has 0 bridgehead atoms. The van der Waals surface area contributed by atoms with Crippen molar-refractivity contribution in [2.75, 3.05) is 0 Å². The van der Waals surface area contributed by atoms with E-state index in [1.54, 1.807) is 0 Å². The third-order valence-electron chi connectivity index (χ3n) is 9.50. The van der Waals surface area contributed by atoms with E-state index in [0.29, 0.717) is 0 Å². The van der Waals surface area contributed by atoms with Crippen LogP contribution in [0.3, 0.4) is 0 Å². The topological polar surface area (TPSA) is 9.86 Å². The van der Waals surface area contributed by atoms with Crippen molar-refractivity contribution in [1.82, 2.24) is 9.13 Å². The van der Waals surface area contributed by atoms with Gasteiger partial charge in [0.1, 0.15) is 0 Å². The van der Waals surface area contributed by atoms with Crippen LogP contribution >= 0.6 is 0 Å². The first-order chi connectivity index (χ1) is 21.8. The zero-order valence-electron chi connectivity index (χ0n) is 23.9. The number of para-hydroxylation sites is 2. The summed E-state index contributed by atoms with van der Waals surface area (Å²) in [5, 5.41) is 11.7. The number of hydrogen-bond acceptors (Lipinski definition) is 0. The Hall–Kier alpha value is -5.86. The number of fused-ring (bicyclic) bond motifs is 5. The standard InChI is InChI=1S/C42H26N2/c1-2-9-31(10-3-1)43-26-25-37-38(43)24-23-36-34-11-4-5-12-39(34)44(42(36)37)32-19-15-27(16-20-32)33-21-17-30-14-13-28-7-6-8-29-18-22-35(33)41(30)40(28)29/h1-26H.